The number of esters is 2. The molecule has 55 heavy (non-hydrogen) atoms. The molecule has 0 aliphatic rings. The van der Waals surface area contributed by atoms with Crippen molar-refractivity contribution in [2.75, 3.05) is 26.4 Å². The second kappa shape index (κ2) is 40.9. The molecule has 10 nitrogen and oxygen atoms in total. The molecule has 0 aromatic carbocycles. The van der Waals surface area contributed by atoms with Crippen molar-refractivity contribution in [2.45, 2.75) is 232 Å². The van der Waals surface area contributed by atoms with Crippen molar-refractivity contribution in [3.8, 4) is 0 Å². The Labute approximate surface area is 336 Å². The summed E-state index contributed by atoms with van der Waals surface area (Å²) in [5.41, 5.74) is 0. The zero-order valence-electron chi connectivity index (χ0n) is 35.4. The van der Waals surface area contributed by atoms with Crippen LogP contribution < -0.4 is 0 Å². The zero-order chi connectivity index (χ0) is 40.5. The number of phosphoric acid groups is 1. The third kappa shape index (κ3) is 40.7. The first-order valence-corrected chi connectivity index (χ1v) is 24.1. The molecule has 0 heterocycles. The second-order valence-electron chi connectivity index (χ2n) is 15.4. The Balaban J connectivity index is 4.13. The molecule has 0 saturated carbocycles. The summed E-state index contributed by atoms with van der Waals surface area (Å²) in [6.07, 6.45) is 39.0. The van der Waals surface area contributed by atoms with Gasteiger partial charge in [0.05, 0.1) is 19.8 Å². The molecule has 3 atom stereocenters. The van der Waals surface area contributed by atoms with Gasteiger partial charge in [0.2, 0.25) is 0 Å². The molecule has 0 fully saturated rings. The predicted octanol–water partition coefficient (Wildman–Crippen LogP) is 12.0. The molecule has 326 valence electrons. The zero-order valence-corrected chi connectivity index (χ0v) is 36.3. The molecule has 0 aromatic rings. The number of unbranched alkanes of at least 4 members (excludes halogenated alkanes) is 27. The molecular formula is C44H85O10P. The van der Waals surface area contributed by atoms with Gasteiger partial charge in [-0.3, -0.25) is 18.6 Å². The van der Waals surface area contributed by atoms with Gasteiger partial charge >= 0.3 is 19.8 Å². The molecule has 0 spiro atoms. The van der Waals surface area contributed by atoms with Crippen LogP contribution in [0.25, 0.3) is 0 Å². The minimum absolute atomic E-state index is 0.177. The number of aliphatic hydroxyl groups excluding tert-OH is 2. The molecule has 0 bridgehead atoms. The topological polar surface area (TPSA) is 149 Å². The number of allylic oxidation sites excluding steroid dienone is 2. The van der Waals surface area contributed by atoms with E-state index < -0.39 is 51.8 Å². The fourth-order valence-corrected chi connectivity index (χ4v) is 7.18. The molecule has 0 saturated heterocycles. The molecule has 0 aromatic heterocycles. The van der Waals surface area contributed by atoms with E-state index in [4.69, 9.17) is 19.1 Å². The van der Waals surface area contributed by atoms with Crippen molar-refractivity contribution in [3.63, 3.8) is 0 Å². The Morgan fingerprint density at radius 3 is 1.36 bits per heavy atom. The van der Waals surface area contributed by atoms with Gasteiger partial charge in [-0.2, -0.15) is 0 Å². The number of ether oxygens (including phenoxy) is 2. The Bertz CT molecular complexity index is 930. The lowest BCUT2D eigenvalue weighted by Gasteiger charge is -2.20. The molecule has 0 aliphatic carbocycles. The van der Waals surface area contributed by atoms with Gasteiger partial charge < -0.3 is 24.6 Å². The van der Waals surface area contributed by atoms with Gasteiger partial charge in [0, 0.05) is 12.8 Å². The highest BCUT2D eigenvalue weighted by Crippen LogP contribution is 2.43. The summed E-state index contributed by atoms with van der Waals surface area (Å²) in [6, 6.07) is 0. The highest BCUT2D eigenvalue weighted by molar-refractivity contribution is 7.47. The SMILES string of the molecule is CCCC/C=C\CCCCCCCC(=O)OC(COC(=O)CCCCCCCCCCCCCCCCCCCCCCC)COP(=O)(O)OCC(O)CO. The van der Waals surface area contributed by atoms with Crippen LogP contribution in [-0.4, -0.2) is 65.7 Å². The number of carbonyl (C=O) groups is 2. The summed E-state index contributed by atoms with van der Waals surface area (Å²) in [6.45, 7) is 2.36. The lowest BCUT2D eigenvalue weighted by Crippen LogP contribution is -2.29. The van der Waals surface area contributed by atoms with Crippen LogP contribution in [0, 0.1) is 0 Å². The Morgan fingerprint density at radius 1 is 0.527 bits per heavy atom. The average molecular weight is 805 g/mol. The predicted molar refractivity (Wildman–Crippen MR) is 224 cm³/mol. The van der Waals surface area contributed by atoms with Gasteiger partial charge in [-0.1, -0.05) is 187 Å². The van der Waals surface area contributed by atoms with Crippen LogP contribution >= 0.6 is 7.82 Å². The van der Waals surface area contributed by atoms with E-state index in [2.05, 4.69) is 30.5 Å². The highest BCUT2D eigenvalue weighted by Gasteiger charge is 2.27. The number of carbonyl (C=O) groups excluding carboxylic acids is 2. The van der Waals surface area contributed by atoms with Crippen LogP contribution in [0.15, 0.2) is 12.2 Å². The fourth-order valence-electron chi connectivity index (χ4n) is 6.39. The lowest BCUT2D eigenvalue weighted by atomic mass is 10.0. The van der Waals surface area contributed by atoms with E-state index >= 15 is 0 Å². The first-order valence-electron chi connectivity index (χ1n) is 22.6. The van der Waals surface area contributed by atoms with Crippen molar-refractivity contribution in [2.24, 2.45) is 0 Å². The largest absolute Gasteiger partial charge is 0.472 e. The maximum absolute atomic E-state index is 12.6. The van der Waals surface area contributed by atoms with Crippen LogP contribution in [0.5, 0.6) is 0 Å². The van der Waals surface area contributed by atoms with E-state index in [1.54, 1.807) is 0 Å². The van der Waals surface area contributed by atoms with Gasteiger partial charge in [-0.25, -0.2) is 4.57 Å². The van der Waals surface area contributed by atoms with Crippen LogP contribution in [0.2, 0.25) is 0 Å². The minimum Gasteiger partial charge on any atom is -0.462 e. The molecule has 3 unspecified atom stereocenters. The Kier molecular flexibility index (Phi) is 39.9. The smallest absolute Gasteiger partial charge is 0.462 e. The number of hydrogen-bond donors (Lipinski definition) is 3. The van der Waals surface area contributed by atoms with E-state index in [0.717, 1.165) is 57.8 Å². The molecule has 3 N–H and O–H groups in total. The average Bonchev–Trinajstić information content (AvgIpc) is 3.17. The van der Waals surface area contributed by atoms with Gasteiger partial charge in [-0.15, -0.1) is 0 Å². The third-order valence-corrected chi connectivity index (χ3v) is 10.9. The quantitative estimate of drug-likeness (QED) is 0.0235. The van der Waals surface area contributed by atoms with Crippen LogP contribution in [0.1, 0.15) is 219 Å². The monoisotopic (exact) mass is 805 g/mol. The van der Waals surface area contributed by atoms with Crippen LogP contribution in [-0.2, 0) is 32.7 Å². The van der Waals surface area contributed by atoms with Crippen LogP contribution in [0.3, 0.4) is 0 Å². The first kappa shape index (κ1) is 53.7. The maximum atomic E-state index is 12.6. The normalized spacial score (nSPS) is 13.9. The summed E-state index contributed by atoms with van der Waals surface area (Å²) in [4.78, 5) is 34.9. The van der Waals surface area contributed by atoms with Crippen molar-refractivity contribution in [1.82, 2.24) is 0 Å². The van der Waals surface area contributed by atoms with Crippen molar-refractivity contribution in [3.05, 3.63) is 12.2 Å². The third-order valence-electron chi connectivity index (χ3n) is 9.92. The molecule has 0 rings (SSSR count). The molecule has 11 heteroatoms. The first-order chi connectivity index (χ1) is 26.7. The van der Waals surface area contributed by atoms with Gasteiger partial charge in [0.15, 0.2) is 6.10 Å². The van der Waals surface area contributed by atoms with E-state index in [9.17, 15) is 24.2 Å². The summed E-state index contributed by atoms with van der Waals surface area (Å²) >= 11 is 0. The minimum atomic E-state index is -4.61. The highest BCUT2D eigenvalue weighted by atomic mass is 31.2. The van der Waals surface area contributed by atoms with Gasteiger partial charge in [-0.05, 0) is 32.1 Å². The van der Waals surface area contributed by atoms with E-state index in [0.29, 0.717) is 12.8 Å². The summed E-state index contributed by atoms with van der Waals surface area (Å²) < 4.78 is 32.7. The van der Waals surface area contributed by atoms with Gasteiger partial charge in [0.25, 0.3) is 0 Å². The van der Waals surface area contributed by atoms with Gasteiger partial charge in [0.1, 0.15) is 12.7 Å². The Morgan fingerprint density at radius 2 is 0.909 bits per heavy atom. The fraction of sp³-hybridized carbons (Fsp3) is 0.909. The molecular weight excluding hydrogens is 719 g/mol. The van der Waals surface area contributed by atoms with Crippen LogP contribution in [0.4, 0.5) is 0 Å². The van der Waals surface area contributed by atoms with Crippen molar-refractivity contribution in [1.29, 1.82) is 0 Å². The lowest BCUT2D eigenvalue weighted by molar-refractivity contribution is -0.161. The molecule has 0 amide bonds. The van der Waals surface area contributed by atoms with E-state index in [1.165, 1.54) is 122 Å². The standard InChI is InChI=1S/C44H85O10P/c1-3-5-7-9-11-13-15-16-17-18-19-20-21-22-23-24-26-27-29-31-33-35-43(47)51-39-42(40-53-55(49,50)52-38-41(46)37-45)54-44(48)36-34-32-30-28-25-14-12-10-8-6-4-2/h10,12,41-42,45-46H,3-9,11,13-40H2,1-2H3,(H,49,50)/b12-10-. The summed E-state index contributed by atoms with van der Waals surface area (Å²) in [5.74, 6) is -0.925. The molecule has 0 radical (unpaired) electrons. The number of aliphatic hydroxyl groups is 2. The summed E-state index contributed by atoms with van der Waals surface area (Å²) in [7, 11) is -4.61. The number of phosphoric ester groups is 1. The molecule has 0 aliphatic heterocycles. The number of rotatable bonds is 43. The second-order valence-corrected chi connectivity index (χ2v) is 16.9. The van der Waals surface area contributed by atoms with E-state index in [1.807, 2.05) is 0 Å². The maximum Gasteiger partial charge on any atom is 0.472 e. The Hall–Kier alpha value is -1.29. The van der Waals surface area contributed by atoms with Crippen molar-refractivity contribution < 1.29 is 47.8 Å². The number of hydrogen-bond acceptors (Lipinski definition) is 9. The van der Waals surface area contributed by atoms with Crippen molar-refractivity contribution >= 4 is 19.8 Å². The summed E-state index contributed by atoms with van der Waals surface area (Å²) in [5, 5.41) is 18.3. The van der Waals surface area contributed by atoms with E-state index in [-0.39, 0.29) is 19.4 Å².